The van der Waals surface area contributed by atoms with E-state index in [-0.39, 0.29) is 23.5 Å². The lowest BCUT2D eigenvalue weighted by molar-refractivity contribution is 0.0526. The fourth-order valence-electron chi connectivity index (χ4n) is 2.04. The summed E-state index contributed by atoms with van der Waals surface area (Å²) in [6, 6.07) is 10.6. The van der Waals surface area contributed by atoms with Crippen LogP contribution < -0.4 is 0 Å². The third-order valence-corrected chi connectivity index (χ3v) is 2.94. The van der Waals surface area contributed by atoms with E-state index in [4.69, 9.17) is 4.74 Å². The Hall–Kier alpha value is -2.82. The van der Waals surface area contributed by atoms with E-state index in [1.807, 2.05) is 0 Å². The lowest BCUT2D eigenvalue weighted by Gasteiger charge is -2.10. The second-order valence-electron chi connectivity index (χ2n) is 4.31. The van der Waals surface area contributed by atoms with Gasteiger partial charge in [0.25, 0.3) is 0 Å². The number of phenols is 1. The van der Waals surface area contributed by atoms with Gasteiger partial charge in [-0.2, -0.15) is 0 Å². The molecule has 0 bridgehead atoms. The molecule has 0 spiro atoms. The summed E-state index contributed by atoms with van der Waals surface area (Å²) in [4.78, 5) is 23.0. The van der Waals surface area contributed by atoms with Crippen molar-refractivity contribution in [1.82, 2.24) is 0 Å². The number of esters is 1. The molecule has 2 aromatic carbocycles. The lowest BCUT2D eigenvalue weighted by Crippen LogP contribution is -2.05. The number of carbonyl (C=O) groups is 2. The molecular weight excluding hydrogens is 272 g/mol. The number of rotatable bonds is 4. The molecule has 5 nitrogen and oxygen atoms in total. The fourth-order valence-corrected chi connectivity index (χ4v) is 2.04. The van der Waals surface area contributed by atoms with E-state index in [9.17, 15) is 19.8 Å². The zero-order chi connectivity index (χ0) is 15.4. The molecule has 0 atom stereocenters. The average Bonchev–Trinajstić information content (AvgIpc) is 2.47. The molecule has 0 radical (unpaired) electrons. The van der Waals surface area contributed by atoms with Gasteiger partial charge in [0.15, 0.2) is 0 Å². The molecule has 2 aromatic rings. The van der Waals surface area contributed by atoms with Gasteiger partial charge in [-0.1, -0.05) is 18.2 Å². The van der Waals surface area contributed by atoms with E-state index >= 15 is 0 Å². The Morgan fingerprint density at radius 1 is 1.14 bits per heavy atom. The highest BCUT2D eigenvalue weighted by Gasteiger charge is 2.17. The molecular formula is C16H14O5. The number of carboxylic acid groups (broad SMARTS) is 1. The summed E-state index contributed by atoms with van der Waals surface area (Å²) in [6.45, 7) is 1.95. The zero-order valence-corrected chi connectivity index (χ0v) is 11.4. The maximum absolute atomic E-state index is 11.7. The van der Waals surface area contributed by atoms with E-state index in [0.717, 1.165) is 0 Å². The second kappa shape index (κ2) is 6.09. The zero-order valence-electron chi connectivity index (χ0n) is 11.4. The lowest BCUT2D eigenvalue weighted by atomic mass is 9.97. The molecule has 0 aliphatic rings. The van der Waals surface area contributed by atoms with Crippen LogP contribution in [0.1, 0.15) is 27.6 Å². The van der Waals surface area contributed by atoms with Crippen molar-refractivity contribution in [3.8, 4) is 16.9 Å². The molecule has 0 aliphatic carbocycles. The molecule has 0 saturated heterocycles. The second-order valence-corrected chi connectivity index (χ2v) is 4.31. The van der Waals surface area contributed by atoms with E-state index in [0.29, 0.717) is 11.1 Å². The first kappa shape index (κ1) is 14.6. The first-order valence-electron chi connectivity index (χ1n) is 6.37. The third-order valence-electron chi connectivity index (χ3n) is 2.94. The predicted molar refractivity (Wildman–Crippen MR) is 76.5 cm³/mol. The normalized spacial score (nSPS) is 10.1. The molecule has 0 aliphatic heterocycles. The quantitative estimate of drug-likeness (QED) is 0.844. The maximum Gasteiger partial charge on any atom is 0.338 e. The predicted octanol–water partition coefficient (Wildman–Crippen LogP) is 2.93. The van der Waals surface area contributed by atoms with Crippen LogP contribution in [0.3, 0.4) is 0 Å². The van der Waals surface area contributed by atoms with E-state index in [1.165, 1.54) is 24.3 Å². The minimum absolute atomic E-state index is 0.0315. The summed E-state index contributed by atoms with van der Waals surface area (Å²) >= 11 is 0. The van der Waals surface area contributed by atoms with Crippen molar-refractivity contribution in [2.75, 3.05) is 6.61 Å². The van der Waals surface area contributed by atoms with Crippen LogP contribution in [0.2, 0.25) is 0 Å². The number of aromatic hydroxyl groups is 1. The van der Waals surface area contributed by atoms with Gasteiger partial charge in [0, 0.05) is 5.56 Å². The van der Waals surface area contributed by atoms with Gasteiger partial charge in [-0.05, 0) is 36.8 Å². The molecule has 0 amide bonds. The fraction of sp³-hybridized carbons (Fsp3) is 0.125. The average molecular weight is 286 g/mol. The van der Waals surface area contributed by atoms with Gasteiger partial charge in [0.05, 0.1) is 17.7 Å². The minimum Gasteiger partial charge on any atom is -0.507 e. The van der Waals surface area contributed by atoms with Crippen molar-refractivity contribution in [3.05, 3.63) is 53.6 Å². The first-order valence-corrected chi connectivity index (χ1v) is 6.37. The number of carbonyl (C=O) groups excluding carboxylic acids is 1. The number of phenolic OH excluding ortho intramolecular Hbond substituents is 1. The van der Waals surface area contributed by atoms with Crippen LogP contribution in [0.4, 0.5) is 0 Å². The van der Waals surface area contributed by atoms with Crippen LogP contribution in [0.5, 0.6) is 5.75 Å². The molecule has 0 unspecified atom stereocenters. The van der Waals surface area contributed by atoms with Crippen LogP contribution in [0, 0.1) is 0 Å². The Kier molecular flexibility index (Phi) is 4.23. The summed E-state index contributed by atoms with van der Waals surface area (Å²) in [7, 11) is 0. The molecule has 0 saturated carbocycles. The van der Waals surface area contributed by atoms with Crippen molar-refractivity contribution >= 4 is 11.9 Å². The number of benzene rings is 2. The standard InChI is InChI=1S/C16H14O5/c1-2-21-16(20)11-6-3-5-10(9-11)14-12(15(18)19)7-4-8-13(14)17/h3-9,17H,2H2,1H3,(H,18,19). The highest BCUT2D eigenvalue weighted by atomic mass is 16.5. The van der Waals surface area contributed by atoms with Crippen LogP contribution in [-0.2, 0) is 4.74 Å². The van der Waals surface area contributed by atoms with Gasteiger partial charge in [0.2, 0.25) is 0 Å². The maximum atomic E-state index is 11.7. The van der Waals surface area contributed by atoms with Gasteiger partial charge in [0.1, 0.15) is 5.75 Å². The number of ether oxygens (including phenoxy) is 1. The summed E-state index contributed by atoms with van der Waals surface area (Å²) in [5, 5.41) is 19.2. The van der Waals surface area contributed by atoms with Crippen molar-refractivity contribution in [1.29, 1.82) is 0 Å². The van der Waals surface area contributed by atoms with Crippen LogP contribution in [0.25, 0.3) is 11.1 Å². The highest BCUT2D eigenvalue weighted by Crippen LogP contribution is 2.33. The molecule has 0 fully saturated rings. The van der Waals surface area contributed by atoms with Crippen molar-refractivity contribution in [2.45, 2.75) is 6.92 Å². The largest absolute Gasteiger partial charge is 0.507 e. The highest BCUT2D eigenvalue weighted by molar-refractivity contribution is 5.99. The number of hydrogen-bond acceptors (Lipinski definition) is 4. The molecule has 2 rings (SSSR count). The molecule has 108 valence electrons. The Morgan fingerprint density at radius 3 is 2.52 bits per heavy atom. The molecule has 0 heterocycles. The molecule has 5 heteroatoms. The van der Waals surface area contributed by atoms with Gasteiger partial charge < -0.3 is 14.9 Å². The van der Waals surface area contributed by atoms with E-state index < -0.39 is 11.9 Å². The van der Waals surface area contributed by atoms with Crippen LogP contribution in [0.15, 0.2) is 42.5 Å². The van der Waals surface area contributed by atoms with Gasteiger partial charge in [-0.15, -0.1) is 0 Å². The summed E-state index contributed by atoms with van der Waals surface area (Å²) in [5.41, 5.74) is 0.886. The van der Waals surface area contributed by atoms with Crippen molar-refractivity contribution in [2.24, 2.45) is 0 Å². The molecule has 21 heavy (non-hydrogen) atoms. The first-order chi connectivity index (χ1) is 10.0. The Bertz CT molecular complexity index is 691. The SMILES string of the molecule is CCOC(=O)c1cccc(-c2c(O)cccc2C(=O)O)c1. The summed E-state index contributed by atoms with van der Waals surface area (Å²) < 4.78 is 4.91. The van der Waals surface area contributed by atoms with Gasteiger partial charge in [-0.3, -0.25) is 0 Å². The molecule has 2 N–H and O–H groups in total. The van der Waals surface area contributed by atoms with Crippen LogP contribution >= 0.6 is 0 Å². The third kappa shape index (κ3) is 3.02. The Labute approximate surface area is 121 Å². The summed E-state index contributed by atoms with van der Waals surface area (Å²) in [6.07, 6.45) is 0. The Balaban J connectivity index is 2.55. The van der Waals surface area contributed by atoms with Gasteiger partial charge >= 0.3 is 11.9 Å². The number of carboxylic acids is 1. The van der Waals surface area contributed by atoms with E-state index in [1.54, 1.807) is 25.1 Å². The van der Waals surface area contributed by atoms with Gasteiger partial charge in [-0.25, -0.2) is 9.59 Å². The number of hydrogen-bond donors (Lipinski definition) is 2. The Morgan fingerprint density at radius 2 is 1.86 bits per heavy atom. The van der Waals surface area contributed by atoms with Crippen molar-refractivity contribution in [3.63, 3.8) is 0 Å². The van der Waals surface area contributed by atoms with Crippen molar-refractivity contribution < 1.29 is 24.5 Å². The topological polar surface area (TPSA) is 83.8 Å². The smallest absolute Gasteiger partial charge is 0.338 e. The summed E-state index contributed by atoms with van der Waals surface area (Å²) in [5.74, 6) is -1.80. The minimum atomic E-state index is -1.15. The number of aromatic carboxylic acids is 1. The molecule has 0 aromatic heterocycles. The van der Waals surface area contributed by atoms with E-state index in [2.05, 4.69) is 0 Å². The van der Waals surface area contributed by atoms with Crippen LogP contribution in [-0.4, -0.2) is 28.8 Å². The monoisotopic (exact) mass is 286 g/mol.